The highest BCUT2D eigenvalue weighted by Crippen LogP contribution is 2.41. The van der Waals surface area contributed by atoms with Crippen molar-refractivity contribution in [3.63, 3.8) is 0 Å². The van der Waals surface area contributed by atoms with E-state index >= 15 is 0 Å². The van der Waals surface area contributed by atoms with Crippen LogP contribution in [0.3, 0.4) is 0 Å². The molecule has 0 spiro atoms. The first-order valence-corrected chi connectivity index (χ1v) is 8.26. The fraction of sp³-hybridized carbons (Fsp3) is 0.0667. The zero-order chi connectivity index (χ0) is 13.6. The molecule has 1 aromatic heterocycles. The second-order valence-electron chi connectivity index (χ2n) is 4.45. The molecule has 0 aliphatic heterocycles. The Bertz CT molecular complexity index is 777. The van der Waals surface area contributed by atoms with Crippen LogP contribution in [0.4, 0.5) is 5.69 Å². The average Bonchev–Trinajstić information content (AvgIpc) is 2.79. The number of hydrogen-bond acceptors (Lipinski definition) is 2. The summed E-state index contributed by atoms with van der Waals surface area (Å²) in [6.45, 7) is 2.02. The van der Waals surface area contributed by atoms with Crippen LogP contribution >= 0.6 is 43.2 Å². The van der Waals surface area contributed by atoms with E-state index in [0.29, 0.717) is 0 Å². The molecule has 0 atom stereocenters. The topological polar surface area (TPSA) is 26.0 Å². The van der Waals surface area contributed by atoms with E-state index in [1.807, 2.05) is 13.0 Å². The number of anilines is 1. The minimum atomic E-state index is 0.826. The molecule has 0 saturated carbocycles. The molecule has 1 nitrogen and oxygen atoms in total. The molecule has 19 heavy (non-hydrogen) atoms. The predicted octanol–water partition coefficient (Wildman–Crippen LogP) is 5.98. The molecular weight excluding hydrogens is 386 g/mol. The third kappa shape index (κ3) is 2.22. The first-order valence-electron chi connectivity index (χ1n) is 5.79. The Hall–Kier alpha value is -0.840. The summed E-state index contributed by atoms with van der Waals surface area (Å²) in [5, 5.41) is 3.44. The number of fused-ring (bicyclic) bond motifs is 1. The van der Waals surface area contributed by atoms with Crippen molar-refractivity contribution in [1.82, 2.24) is 0 Å². The van der Waals surface area contributed by atoms with Gasteiger partial charge in [0.15, 0.2) is 0 Å². The van der Waals surface area contributed by atoms with Crippen LogP contribution in [0.15, 0.2) is 44.7 Å². The van der Waals surface area contributed by atoms with Crippen LogP contribution in [0.2, 0.25) is 0 Å². The molecule has 0 amide bonds. The number of nitrogen functional groups attached to an aromatic ring is 1. The van der Waals surface area contributed by atoms with Crippen molar-refractivity contribution < 1.29 is 0 Å². The van der Waals surface area contributed by atoms with E-state index in [0.717, 1.165) is 25.8 Å². The minimum Gasteiger partial charge on any atom is -0.398 e. The molecule has 0 aliphatic carbocycles. The Labute approximate surface area is 132 Å². The van der Waals surface area contributed by atoms with Crippen molar-refractivity contribution >= 4 is 59.0 Å². The fourth-order valence-corrected chi connectivity index (χ4v) is 4.42. The monoisotopic (exact) mass is 395 g/mol. The smallest absolute Gasteiger partial charge is 0.0491 e. The molecule has 1 heterocycles. The normalized spacial score (nSPS) is 11.1. The molecule has 96 valence electrons. The lowest BCUT2D eigenvalue weighted by atomic mass is 10.0. The summed E-state index contributed by atoms with van der Waals surface area (Å²) in [6, 6.07) is 10.4. The van der Waals surface area contributed by atoms with Crippen LogP contribution in [-0.2, 0) is 0 Å². The Morgan fingerprint density at radius 3 is 2.63 bits per heavy atom. The molecule has 0 fully saturated rings. The number of hydrogen-bond donors (Lipinski definition) is 1. The van der Waals surface area contributed by atoms with Crippen LogP contribution < -0.4 is 5.73 Å². The molecule has 0 bridgehead atoms. The molecule has 0 radical (unpaired) electrons. The molecule has 0 unspecified atom stereocenters. The Kier molecular flexibility index (Phi) is 3.41. The van der Waals surface area contributed by atoms with Crippen molar-refractivity contribution in [2.45, 2.75) is 6.92 Å². The van der Waals surface area contributed by atoms with Crippen LogP contribution in [0, 0.1) is 6.92 Å². The summed E-state index contributed by atoms with van der Waals surface area (Å²) in [4.78, 5) is 0. The van der Waals surface area contributed by atoms with E-state index in [1.54, 1.807) is 11.3 Å². The highest BCUT2D eigenvalue weighted by atomic mass is 79.9. The van der Waals surface area contributed by atoms with Gasteiger partial charge in [-0.1, -0.05) is 28.1 Å². The van der Waals surface area contributed by atoms with Gasteiger partial charge in [0.1, 0.15) is 0 Å². The van der Waals surface area contributed by atoms with Gasteiger partial charge in [0.05, 0.1) is 0 Å². The van der Waals surface area contributed by atoms with Gasteiger partial charge in [-0.15, -0.1) is 11.3 Å². The summed E-state index contributed by atoms with van der Waals surface area (Å²) in [6.07, 6.45) is 0. The maximum Gasteiger partial charge on any atom is 0.0491 e. The maximum atomic E-state index is 6.04. The van der Waals surface area contributed by atoms with E-state index in [1.165, 1.54) is 15.6 Å². The van der Waals surface area contributed by atoms with Crippen molar-refractivity contribution in [2.24, 2.45) is 0 Å². The van der Waals surface area contributed by atoms with Gasteiger partial charge in [0.2, 0.25) is 0 Å². The Balaban J connectivity index is 2.31. The standard InChI is InChI=1S/C15H11Br2NS/c1-8-5-13(17)10(6-14(8)18)11-7-19-15-9(11)3-2-4-12(15)16/h2-7H,18H2,1H3. The van der Waals surface area contributed by atoms with Gasteiger partial charge in [-0.05, 0) is 57.6 Å². The first kappa shape index (κ1) is 13.2. The van der Waals surface area contributed by atoms with Gasteiger partial charge in [-0.25, -0.2) is 0 Å². The second-order valence-corrected chi connectivity index (χ2v) is 7.04. The minimum absolute atomic E-state index is 0.826. The maximum absolute atomic E-state index is 6.04. The van der Waals surface area contributed by atoms with Gasteiger partial charge in [-0.3, -0.25) is 0 Å². The van der Waals surface area contributed by atoms with Crippen LogP contribution in [0.5, 0.6) is 0 Å². The Morgan fingerprint density at radius 2 is 1.84 bits per heavy atom. The lowest BCUT2D eigenvalue weighted by Crippen LogP contribution is -1.91. The van der Waals surface area contributed by atoms with Crippen LogP contribution in [-0.4, -0.2) is 0 Å². The fourth-order valence-electron chi connectivity index (χ4n) is 2.13. The molecule has 2 N–H and O–H groups in total. The summed E-state index contributed by atoms with van der Waals surface area (Å²) < 4.78 is 3.49. The zero-order valence-electron chi connectivity index (χ0n) is 10.2. The van der Waals surface area contributed by atoms with E-state index in [-0.39, 0.29) is 0 Å². The van der Waals surface area contributed by atoms with Gasteiger partial charge in [0.25, 0.3) is 0 Å². The van der Waals surface area contributed by atoms with Gasteiger partial charge < -0.3 is 5.73 Å². The van der Waals surface area contributed by atoms with E-state index in [9.17, 15) is 0 Å². The highest BCUT2D eigenvalue weighted by Gasteiger charge is 2.12. The number of rotatable bonds is 1. The van der Waals surface area contributed by atoms with Crippen molar-refractivity contribution in [2.75, 3.05) is 5.73 Å². The summed E-state index contributed by atoms with van der Waals surface area (Å²) in [5.74, 6) is 0. The van der Waals surface area contributed by atoms with Crippen LogP contribution in [0.1, 0.15) is 5.56 Å². The third-order valence-electron chi connectivity index (χ3n) is 3.20. The van der Waals surface area contributed by atoms with Gasteiger partial charge >= 0.3 is 0 Å². The number of aryl methyl sites for hydroxylation is 1. The molecule has 4 heteroatoms. The lowest BCUT2D eigenvalue weighted by molar-refractivity contribution is 1.45. The van der Waals surface area contributed by atoms with Crippen molar-refractivity contribution in [3.05, 3.63) is 50.2 Å². The number of thiophene rings is 1. The summed E-state index contributed by atoms with van der Waals surface area (Å²) in [7, 11) is 0. The van der Waals surface area contributed by atoms with Crippen molar-refractivity contribution in [1.29, 1.82) is 0 Å². The van der Waals surface area contributed by atoms with E-state index in [4.69, 9.17) is 5.73 Å². The van der Waals surface area contributed by atoms with E-state index in [2.05, 4.69) is 61.5 Å². The number of nitrogens with two attached hydrogens (primary N) is 1. The predicted molar refractivity (Wildman–Crippen MR) is 91.8 cm³/mol. The molecule has 3 rings (SSSR count). The highest BCUT2D eigenvalue weighted by molar-refractivity contribution is 9.11. The third-order valence-corrected chi connectivity index (χ3v) is 5.81. The molecule has 2 aromatic carbocycles. The van der Waals surface area contributed by atoms with Crippen molar-refractivity contribution in [3.8, 4) is 11.1 Å². The zero-order valence-corrected chi connectivity index (χ0v) is 14.2. The second kappa shape index (κ2) is 4.93. The first-order chi connectivity index (χ1) is 9.08. The largest absolute Gasteiger partial charge is 0.398 e. The molecular formula is C15H11Br2NS. The lowest BCUT2D eigenvalue weighted by Gasteiger charge is -2.08. The Morgan fingerprint density at radius 1 is 1.05 bits per heavy atom. The van der Waals surface area contributed by atoms with Crippen LogP contribution in [0.25, 0.3) is 21.2 Å². The van der Waals surface area contributed by atoms with Gasteiger partial charge in [0, 0.05) is 30.3 Å². The molecule has 0 saturated heterocycles. The molecule has 0 aliphatic rings. The molecule has 3 aromatic rings. The number of halogens is 2. The summed E-state index contributed by atoms with van der Waals surface area (Å²) >= 11 is 8.99. The SMILES string of the molecule is Cc1cc(Br)c(-c2csc3c(Br)cccc23)cc1N. The quantitative estimate of drug-likeness (QED) is 0.502. The summed E-state index contributed by atoms with van der Waals surface area (Å²) in [5.41, 5.74) is 10.3. The average molecular weight is 397 g/mol. The van der Waals surface area contributed by atoms with Gasteiger partial charge in [-0.2, -0.15) is 0 Å². The van der Waals surface area contributed by atoms with E-state index < -0.39 is 0 Å². The number of benzene rings is 2.